The molecular formula is C14H21ClN2OS. The van der Waals surface area contributed by atoms with Gasteiger partial charge in [0.15, 0.2) is 0 Å². The molecule has 0 aliphatic carbocycles. The first-order valence-corrected chi connectivity index (χ1v) is 7.31. The highest BCUT2D eigenvalue weighted by atomic mass is 35.5. The van der Waals surface area contributed by atoms with E-state index in [0.29, 0.717) is 5.25 Å². The van der Waals surface area contributed by atoms with Crippen LogP contribution in [0.5, 0.6) is 0 Å². The number of hydrogen-bond donors (Lipinski definition) is 2. The maximum atomic E-state index is 12.0. The molecule has 1 heterocycles. The Labute approximate surface area is 125 Å². The Hall–Kier alpha value is -0.710. The van der Waals surface area contributed by atoms with Crippen LogP contribution >= 0.6 is 24.2 Å². The van der Waals surface area contributed by atoms with Crippen molar-refractivity contribution < 1.29 is 4.79 Å². The van der Waals surface area contributed by atoms with Crippen LogP contribution < -0.4 is 10.6 Å². The molecule has 1 amide bonds. The number of carbonyl (C=O) groups excluding carboxylic acids is 1. The van der Waals surface area contributed by atoms with E-state index in [9.17, 15) is 4.79 Å². The second-order valence-electron chi connectivity index (χ2n) is 4.85. The highest BCUT2D eigenvalue weighted by Gasteiger charge is 2.17. The van der Waals surface area contributed by atoms with Crippen molar-refractivity contribution in [3.05, 3.63) is 29.8 Å². The van der Waals surface area contributed by atoms with E-state index in [0.717, 1.165) is 25.1 Å². The van der Waals surface area contributed by atoms with Crippen LogP contribution in [-0.2, 0) is 0 Å². The van der Waals surface area contributed by atoms with Gasteiger partial charge in [0.25, 0.3) is 5.91 Å². The van der Waals surface area contributed by atoms with Gasteiger partial charge in [-0.05, 0) is 37.2 Å². The number of amides is 1. The number of carbonyl (C=O) groups is 1. The van der Waals surface area contributed by atoms with Crippen LogP contribution in [0.2, 0.25) is 0 Å². The first kappa shape index (κ1) is 16.3. The number of halogens is 1. The molecule has 1 aromatic rings. The van der Waals surface area contributed by atoms with E-state index in [1.807, 2.05) is 36.0 Å². The number of benzene rings is 1. The molecule has 3 nitrogen and oxygen atoms in total. The van der Waals surface area contributed by atoms with E-state index in [-0.39, 0.29) is 24.4 Å². The summed E-state index contributed by atoms with van der Waals surface area (Å²) in [5.74, 6) is 0.0322. The zero-order valence-corrected chi connectivity index (χ0v) is 12.9. The third-order valence-corrected chi connectivity index (χ3v) is 3.90. The topological polar surface area (TPSA) is 41.1 Å². The lowest BCUT2D eigenvalue weighted by molar-refractivity contribution is 0.0940. The molecular weight excluding hydrogens is 280 g/mol. The molecule has 1 aliphatic heterocycles. The summed E-state index contributed by atoms with van der Waals surface area (Å²) < 4.78 is 0. The van der Waals surface area contributed by atoms with E-state index in [1.165, 1.54) is 4.90 Å². The quantitative estimate of drug-likeness (QED) is 0.840. The predicted molar refractivity (Wildman–Crippen MR) is 83.4 cm³/mol. The van der Waals surface area contributed by atoms with E-state index >= 15 is 0 Å². The Kier molecular flexibility index (Phi) is 6.69. The smallest absolute Gasteiger partial charge is 0.251 e. The van der Waals surface area contributed by atoms with Gasteiger partial charge in [-0.15, -0.1) is 24.2 Å². The molecule has 19 heavy (non-hydrogen) atoms. The maximum absolute atomic E-state index is 12.0. The van der Waals surface area contributed by atoms with Gasteiger partial charge in [-0.2, -0.15) is 0 Å². The van der Waals surface area contributed by atoms with Gasteiger partial charge in [0.1, 0.15) is 0 Å². The second-order valence-corrected chi connectivity index (χ2v) is 6.50. The Morgan fingerprint density at radius 2 is 2.05 bits per heavy atom. The highest BCUT2D eigenvalue weighted by Crippen LogP contribution is 2.22. The molecule has 1 fully saturated rings. The van der Waals surface area contributed by atoms with Gasteiger partial charge in [-0.1, -0.05) is 13.8 Å². The van der Waals surface area contributed by atoms with Crippen molar-refractivity contribution in [2.75, 3.05) is 13.1 Å². The van der Waals surface area contributed by atoms with Crippen LogP contribution in [0.25, 0.3) is 0 Å². The van der Waals surface area contributed by atoms with Crippen LogP contribution in [-0.4, -0.2) is 30.3 Å². The van der Waals surface area contributed by atoms with Crippen LogP contribution in [0, 0.1) is 0 Å². The molecule has 1 atom stereocenters. The van der Waals surface area contributed by atoms with Crippen molar-refractivity contribution in [3.63, 3.8) is 0 Å². The Balaban J connectivity index is 0.00000180. The van der Waals surface area contributed by atoms with Gasteiger partial charge >= 0.3 is 0 Å². The maximum Gasteiger partial charge on any atom is 0.251 e. The largest absolute Gasteiger partial charge is 0.348 e. The van der Waals surface area contributed by atoms with Crippen molar-refractivity contribution in [3.8, 4) is 0 Å². The third kappa shape index (κ3) is 5.05. The minimum absolute atomic E-state index is 0. The molecule has 0 saturated carbocycles. The van der Waals surface area contributed by atoms with Crippen LogP contribution in [0.1, 0.15) is 30.6 Å². The molecule has 0 aromatic heterocycles. The van der Waals surface area contributed by atoms with E-state index in [1.54, 1.807) is 0 Å². The molecule has 2 N–H and O–H groups in total. The number of nitrogens with one attached hydrogen (secondary N) is 2. The summed E-state index contributed by atoms with van der Waals surface area (Å²) in [6.45, 7) is 6.21. The van der Waals surface area contributed by atoms with Crippen molar-refractivity contribution in [1.29, 1.82) is 0 Å². The zero-order chi connectivity index (χ0) is 13.0. The van der Waals surface area contributed by atoms with Crippen LogP contribution in [0.4, 0.5) is 0 Å². The average Bonchev–Trinajstić information content (AvgIpc) is 2.82. The fourth-order valence-electron chi connectivity index (χ4n) is 2.00. The Morgan fingerprint density at radius 3 is 2.58 bits per heavy atom. The zero-order valence-electron chi connectivity index (χ0n) is 11.3. The predicted octanol–water partition coefficient (Wildman–Crippen LogP) is 2.70. The number of rotatable bonds is 4. The number of thioether (sulfide) groups is 1. The molecule has 0 spiro atoms. The third-order valence-electron chi connectivity index (χ3n) is 2.88. The number of hydrogen-bond acceptors (Lipinski definition) is 3. The van der Waals surface area contributed by atoms with Crippen molar-refractivity contribution >= 4 is 30.1 Å². The van der Waals surface area contributed by atoms with E-state index in [4.69, 9.17) is 0 Å². The van der Waals surface area contributed by atoms with Gasteiger partial charge in [0, 0.05) is 28.3 Å². The van der Waals surface area contributed by atoms with Gasteiger partial charge in [-0.3, -0.25) is 4.79 Å². The summed E-state index contributed by atoms with van der Waals surface area (Å²) in [5.41, 5.74) is 0.745. The summed E-state index contributed by atoms with van der Waals surface area (Å²) in [5, 5.41) is 6.85. The summed E-state index contributed by atoms with van der Waals surface area (Å²) in [6, 6.07) is 8.13. The van der Waals surface area contributed by atoms with Gasteiger partial charge in [-0.25, -0.2) is 0 Å². The fourth-order valence-corrected chi connectivity index (χ4v) is 2.84. The molecule has 5 heteroatoms. The molecule has 0 radical (unpaired) electrons. The van der Waals surface area contributed by atoms with Crippen molar-refractivity contribution in [1.82, 2.24) is 10.6 Å². The molecule has 1 unspecified atom stereocenters. The lowest BCUT2D eigenvalue weighted by atomic mass is 10.2. The lowest BCUT2D eigenvalue weighted by Crippen LogP contribution is -2.36. The molecule has 1 saturated heterocycles. The Morgan fingerprint density at radius 1 is 1.37 bits per heavy atom. The first-order chi connectivity index (χ1) is 8.65. The SMILES string of the molecule is CC(C)Sc1ccc(C(=O)NC2CCNC2)cc1.Cl. The minimum atomic E-state index is 0. The monoisotopic (exact) mass is 300 g/mol. The van der Waals surface area contributed by atoms with E-state index in [2.05, 4.69) is 24.5 Å². The summed E-state index contributed by atoms with van der Waals surface area (Å²) in [4.78, 5) is 13.2. The average molecular weight is 301 g/mol. The standard InChI is InChI=1S/C14H20N2OS.ClH/c1-10(2)18-13-5-3-11(4-6-13)14(17)16-12-7-8-15-9-12;/h3-6,10,12,15H,7-9H2,1-2H3,(H,16,17);1H. The summed E-state index contributed by atoms with van der Waals surface area (Å²) in [7, 11) is 0. The molecule has 1 aliphatic rings. The first-order valence-electron chi connectivity index (χ1n) is 6.43. The van der Waals surface area contributed by atoms with Gasteiger partial charge in [0.05, 0.1) is 0 Å². The van der Waals surface area contributed by atoms with Crippen molar-refractivity contribution in [2.24, 2.45) is 0 Å². The fraction of sp³-hybridized carbons (Fsp3) is 0.500. The normalized spacial score (nSPS) is 18.2. The Bertz CT molecular complexity index is 402. The summed E-state index contributed by atoms with van der Waals surface area (Å²) >= 11 is 1.81. The molecule has 106 valence electrons. The minimum Gasteiger partial charge on any atom is -0.348 e. The van der Waals surface area contributed by atoms with Crippen LogP contribution in [0.3, 0.4) is 0 Å². The van der Waals surface area contributed by atoms with Crippen LogP contribution in [0.15, 0.2) is 29.2 Å². The highest BCUT2D eigenvalue weighted by molar-refractivity contribution is 7.99. The molecule has 2 rings (SSSR count). The van der Waals surface area contributed by atoms with Gasteiger partial charge in [0.2, 0.25) is 0 Å². The lowest BCUT2D eigenvalue weighted by Gasteiger charge is -2.11. The summed E-state index contributed by atoms with van der Waals surface area (Å²) in [6.07, 6.45) is 1.02. The second kappa shape index (κ2) is 7.78. The van der Waals surface area contributed by atoms with Gasteiger partial charge < -0.3 is 10.6 Å². The molecule has 0 bridgehead atoms. The van der Waals surface area contributed by atoms with Crippen molar-refractivity contribution in [2.45, 2.75) is 36.5 Å². The molecule has 1 aromatic carbocycles. The van der Waals surface area contributed by atoms with E-state index < -0.39 is 0 Å².